The minimum Gasteiger partial charge on any atom is -0.396 e. The van der Waals surface area contributed by atoms with Gasteiger partial charge in [-0.1, -0.05) is 38.1 Å². The average Bonchev–Trinajstić information content (AvgIpc) is 2.43. The van der Waals surface area contributed by atoms with Gasteiger partial charge in [0.25, 0.3) is 0 Å². The van der Waals surface area contributed by atoms with Crippen molar-refractivity contribution in [2.24, 2.45) is 11.7 Å². The molecule has 3 heteroatoms. The highest BCUT2D eigenvalue weighted by Gasteiger charge is 2.12. The second-order valence-electron chi connectivity index (χ2n) is 6.06. The SMILES string of the molecule is CC(C)Cc1ccc(C(CN)NC(C)CCCO)cc1. The summed E-state index contributed by atoms with van der Waals surface area (Å²) in [6.07, 6.45) is 2.92. The Labute approximate surface area is 123 Å². The van der Waals surface area contributed by atoms with E-state index in [1.807, 2.05) is 0 Å². The van der Waals surface area contributed by atoms with Gasteiger partial charge in [-0.2, -0.15) is 0 Å². The summed E-state index contributed by atoms with van der Waals surface area (Å²) in [5, 5.41) is 12.4. The number of nitrogens with one attached hydrogen (secondary N) is 1. The van der Waals surface area contributed by atoms with Crippen LogP contribution in [0.4, 0.5) is 0 Å². The fourth-order valence-corrected chi connectivity index (χ4v) is 2.48. The second-order valence-corrected chi connectivity index (χ2v) is 6.06. The molecule has 0 fully saturated rings. The largest absolute Gasteiger partial charge is 0.396 e. The molecule has 1 rings (SSSR count). The first-order chi connectivity index (χ1) is 9.56. The third-order valence-corrected chi connectivity index (χ3v) is 3.54. The molecule has 1 aromatic rings. The van der Waals surface area contributed by atoms with Crippen LogP contribution in [0, 0.1) is 5.92 Å². The maximum absolute atomic E-state index is 8.87. The minimum absolute atomic E-state index is 0.191. The fourth-order valence-electron chi connectivity index (χ4n) is 2.48. The quantitative estimate of drug-likeness (QED) is 0.651. The first-order valence-corrected chi connectivity index (χ1v) is 7.72. The van der Waals surface area contributed by atoms with Crippen molar-refractivity contribution in [3.8, 4) is 0 Å². The Morgan fingerprint density at radius 2 is 1.80 bits per heavy atom. The Morgan fingerprint density at radius 3 is 2.30 bits per heavy atom. The Bertz CT molecular complexity index is 362. The average molecular weight is 278 g/mol. The molecule has 0 amide bonds. The van der Waals surface area contributed by atoms with Crippen molar-refractivity contribution < 1.29 is 5.11 Å². The van der Waals surface area contributed by atoms with Crippen LogP contribution in [0.15, 0.2) is 24.3 Å². The van der Waals surface area contributed by atoms with E-state index < -0.39 is 0 Å². The monoisotopic (exact) mass is 278 g/mol. The fraction of sp³-hybridized carbons (Fsp3) is 0.647. The molecule has 20 heavy (non-hydrogen) atoms. The third kappa shape index (κ3) is 6.04. The predicted molar refractivity (Wildman–Crippen MR) is 85.7 cm³/mol. The van der Waals surface area contributed by atoms with Crippen molar-refractivity contribution >= 4 is 0 Å². The Hall–Kier alpha value is -0.900. The molecule has 0 aliphatic rings. The molecular formula is C17H30N2O. The van der Waals surface area contributed by atoms with Crippen LogP contribution in [0.2, 0.25) is 0 Å². The number of aliphatic hydroxyl groups excluding tert-OH is 1. The lowest BCUT2D eigenvalue weighted by molar-refractivity contribution is 0.274. The molecule has 0 saturated carbocycles. The van der Waals surface area contributed by atoms with Gasteiger partial charge in [0.1, 0.15) is 0 Å². The van der Waals surface area contributed by atoms with Crippen molar-refractivity contribution in [3.05, 3.63) is 35.4 Å². The lowest BCUT2D eigenvalue weighted by atomic mass is 9.99. The van der Waals surface area contributed by atoms with E-state index in [2.05, 4.69) is 50.4 Å². The van der Waals surface area contributed by atoms with Gasteiger partial charge in [-0.15, -0.1) is 0 Å². The van der Waals surface area contributed by atoms with Gasteiger partial charge in [0.05, 0.1) is 0 Å². The van der Waals surface area contributed by atoms with E-state index in [9.17, 15) is 0 Å². The summed E-state index contributed by atoms with van der Waals surface area (Å²) in [7, 11) is 0. The van der Waals surface area contributed by atoms with Gasteiger partial charge in [-0.3, -0.25) is 0 Å². The molecule has 2 atom stereocenters. The number of hydrogen-bond acceptors (Lipinski definition) is 3. The second kappa shape index (κ2) is 9.11. The number of benzene rings is 1. The van der Waals surface area contributed by atoms with Gasteiger partial charge in [0, 0.05) is 25.2 Å². The first kappa shape index (κ1) is 17.2. The molecule has 2 unspecified atom stereocenters. The maximum Gasteiger partial charge on any atom is 0.0446 e. The van der Waals surface area contributed by atoms with Crippen LogP contribution in [0.5, 0.6) is 0 Å². The first-order valence-electron chi connectivity index (χ1n) is 7.72. The van der Waals surface area contributed by atoms with Crippen molar-refractivity contribution in [1.82, 2.24) is 5.32 Å². The van der Waals surface area contributed by atoms with E-state index in [0.717, 1.165) is 19.3 Å². The van der Waals surface area contributed by atoms with E-state index in [-0.39, 0.29) is 12.6 Å². The van der Waals surface area contributed by atoms with Crippen molar-refractivity contribution in [3.63, 3.8) is 0 Å². The summed E-state index contributed by atoms with van der Waals surface area (Å²) in [5.41, 5.74) is 8.52. The molecule has 0 radical (unpaired) electrons. The predicted octanol–water partition coefficient (Wildman–Crippen LogP) is 2.64. The van der Waals surface area contributed by atoms with Crippen LogP contribution < -0.4 is 11.1 Å². The molecule has 1 aromatic carbocycles. The van der Waals surface area contributed by atoms with Crippen molar-refractivity contribution in [2.45, 2.75) is 52.1 Å². The van der Waals surface area contributed by atoms with E-state index >= 15 is 0 Å². The van der Waals surface area contributed by atoms with E-state index in [0.29, 0.717) is 18.5 Å². The van der Waals surface area contributed by atoms with Crippen LogP contribution in [-0.4, -0.2) is 24.3 Å². The highest BCUT2D eigenvalue weighted by atomic mass is 16.2. The number of aliphatic hydroxyl groups is 1. The van der Waals surface area contributed by atoms with Gasteiger partial charge >= 0.3 is 0 Å². The zero-order valence-electron chi connectivity index (χ0n) is 13.1. The molecule has 3 nitrogen and oxygen atoms in total. The van der Waals surface area contributed by atoms with E-state index in [1.54, 1.807) is 0 Å². The highest BCUT2D eigenvalue weighted by molar-refractivity contribution is 5.25. The summed E-state index contributed by atoms with van der Waals surface area (Å²) in [5.74, 6) is 0.683. The van der Waals surface area contributed by atoms with Crippen molar-refractivity contribution in [2.75, 3.05) is 13.2 Å². The van der Waals surface area contributed by atoms with Gasteiger partial charge < -0.3 is 16.2 Å². The summed E-state index contributed by atoms with van der Waals surface area (Å²) in [6.45, 7) is 7.46. The topological polar surface area (TPSA) is 58.3 Å². The summed E-state index contributed by atoms with van der Waals surface area (Å²) >= 11 is 0. The molecule has 0 aliphatic carbocycles. The van der Waals surface area contributed by atoms with Gasteiger partial charge in [-0.05, 0) is 43.2 Å². The highest BCUT2D eigenvalue weighted by Crippen LogP contribution is 2.16. The van der Waals surface area contributed by atoms with Crippen LogP contribution in [0.1, 0.15) is 50.8 Å². The van der Waals surface area contributed by atoms with Crippen LogP contribution in [0.25, 0.3) is 0 Å². The number of hydrogen-bond donors (Lipinski definition) is 3. The Morgan fingerprint density at radius 1 is 1.15 bits per heavy atom. The third-order valence-electron chi connectivity index (χ3n) is 3.54. The number of nitrogens with two attached hydrogens (primary N) is 1. The maximum atomic E-state index is 8.87. The van der Waals surface area contributed by atoms with Gasteiger partial charge in [-0.25, -0.2) is 0 Å². The Balaban J connectivity index is 2.60. The summed E-state index contributed by atoms with van der Waals surface area (Å²) in [4.78, 5) is 0. The minimum atomic E-state index is 0.191. The zero-order valence-corrected chi connectivity index (χ0v) is 13.1. The molecule has 0 aliphatic heterocycles. The molecule has 0 saturated heterocycles. The lowest BCUT2D eigenvalue weighted by Crippen LogP contribution is -2.35. The van der Waals surface area contributed by atoms with Crippen molar-refractivity contribution in [1.29, 1.82) is 0 Å². The smallest absolute Gasteiger partial charge is 0.0446 e. The normalized spacial score (nSPS) is 14.5. The van der Waals surface area contributed by atoms with Gasteiger partial charge in [0.15, 0.2) is 0 Å². The van der Waals surface area contributed by atoms with E-state index in [4.69, 9.17) is 10.8 Å². The molecule has 0 heterocycles. The van der Waals surface area contributed by atoms with Crippen LogP contribution in [-0.2, 0) is 6.42 Å². The summed E-state index contributed by atoms with van der Waals surface area (Å²) in [6, 6.07) is 9.33. The van der Waals surface area contributed by atoms with Crippen LogP contribution >= 0.6 is 0 Å². The molecule has 114 valence electrons. The molecule has 4 N–H and O–H groups in total. The molecule has 0 spiro atoms. The lowest BCUT2D eigenvalue weighted by Gasteiger charge is -2.22. The van der Waals surface area contributed by atoms with Gasteiger partial charge in [0.2, 0.25) is 0 Å². The van der Waals surface area contributed by atoms with Crippen LogP contribution in [0.3, 0.4) is 0 Å². The Kier molecular flexibility index (Phi) is 7.82. The molecule has 0 aromatic heterocycles. The van der Waals surface area contributed by atoms with E-state index in [1.165, 1.54) is 11.1 Å². The number of rotatable bonds is 9. The standard InChI is InChI=1S/C17H30N2O/c1-13(2)11-15-6-8-16(9-7-15)17(12-18)19-14(3)5-4-10-20/h6-9,13-14,17,19-20H,4-5,10-12,18H2,1-3H3. The zero-order chi connectivity index (χ0) is 15.0. The molecule has 0 bridgehead atoms. The summed E-state index contributed by atoms with van der Waals surface area (Å²) < 4.78 is 0. The molecular weight excluding hydrogens is 248 g/mol.